The van der Waals surface area contributed by atoms with Crippen molar-refractivity contribution in [3.05, 3.63) is 0 Å². The van der Waals surface area contributed by atoms with Gasteiger partial charge in [0.05, 0.1) is 6.61 Å². The van der Waals surface area contributed by atoms with Crippen molar-refractivity contribution in [3.8, 4) is 0 Å². The summed E-state index contributed by atoms with van der Waals surface area (Å²) in [6.45, 7) is 27.2. The normalized spacial score (nSPS) is 11.0. The molecular weight excluding hydrogens is 362 g/mol. The van der Waals surface area contributed by atoms with Crippen molar-refractivity contribution in [2.45, 2.75) is 89.0 Å². The molecule has 5 N–H and O–H groups in total. The maximum atomic E-state index is 9.13. The molecule has 0 saturated heterocycles. The molecule has 0 radical (unpaired) electrons. The Balaban J connectivity index is -0.000000116. The predicted octanol–water partition coefficient (Wildman–Crippen LogP) is 5.01. The Labute approximate surface area is 186 Å². The summed E-state index contributed by atoms with van der Waals surface area (Å²) in [6, 6.07) is 0. The fourth-order valence-corrected chi connectivity index (χ4v) is 2.25. The van der Waals surface area contributed by atoms with Crippen molar-refractivity contribution in [1.29, 1.82) is 0 Å². The Bertz CT molecular complexity index is 288. The van der Waals surface area contributed by atoms with Gasteiger partial charge in [0.1, 0.15) is 0 Å². The van der Waals surface area contributed by atoms with E-state index in [2.05, 4.69) is 66.1 Å². The van der Waals surface area contributed by atoms with Crippen LogP contribution in [-0.2, 0) is 4.74 Å². The average molecular weight is 424 g/mol. The summed E-state index contributed by atoms with van der Waals surface area (Å²) in [5.41, 5.74) is 10.5. The third-order valence-electron chi connectivity index (χ3n) is 3.65. The van der Waals surface area contributed by atoms with Crippen molar-refractivity contribution in [1.82, 2.24) is 4.90 Å². The van der Waals surface area contributed by atoms with Crippen molar-refractivity contribution >= 4 is 0 Å². The minimum atomic E-state index is 0.0859. The SMILES string of the molecule is CC.CC.CN.CN(CCCC(C)(C)CO)CC(C)(C)C.COCC(C)(C)CN. The summed E-state index contributed by atoms with van der Waals surface area (Å²) in [7, 11) is 5.37. The summed E-state index contributed by atoms with van der Waals surface area (Å²) in [5, 5.41) is 9.13. The van der Waals surface area contributed by atoms with Gasteiger partial charge in [0.15, 0.2) is 0 Å². The Morgan fingerprint density at radius 3 is 1.52 bits per heavy atom. The maximum absolute atomic E-state index is 9.13. The van der Waals surface area contributed by atoms with Crippen molar-refractivity contribution in [3.63, 3.8) is 0 Å². The molecule has 0 unspecified atom stereocenters. The number of nitrogens with two attached hydrogens (primary N) is 2. The smallest absolute Gasteiger partial charge is 0.0525 e. The predicted molar refractivity (Wildman–Crippen MR) is 135 cm³/mol. The maximum Gasteiger partial charge on any atom is 0.0525 e. The van der Waals surface area contributed by atoms with E-state index in [-0.39, 0.29) is 17.4 Å². The largest absolute Gasteiger partial charge is 0.396 e. The lowest BCUT2D eigenvalue weighted by atomic mass is 9.89. The monoisotopic (exact) mass is 423 g/mol. The third-order valence-corrected chi connectivity index (χ3v) is 3.65. The zero-order valence-corrected chi connectivity index (χ0v) is 22.9. The molecule has 0 aliphatic heterocycles. The summed E-state index contributed by atoms with van der Waals surface area (Å²) >= 11 is 0. The van der Waals surface area contributed by atoms with Crippen LogP contribution in [0.2, 0.25) is 0 Å². The number of hydrogen-bond acceptors (Lipinski definition) is 5. The zero-order chi connectivity index (χ0) is 24.7. The molecule has 184 valence electrons. The summed E-state index contributed by atoms with van der Waals surface area (Å²) in [5.74, 6) is 0. The van der Waals surface area contributed by atoms with E-state index in [0.717, 1.165) is 26.1 Å². The van der Waals surface area contributed by atoms with Crippen molar-refractivity contribution in [2.75, 3.05) is 54.1 Å². The number of rotatable bonds is 9. The first-order valence-corrected chi connectivity index (χ1v) is 11.3. The van der Waals surface area contributed by atoms with Gasteiger partial charge in [-0.05, 0) is 50.9 Å². The first-order valence-electron chi connectivity index (χ1n) is 11.3. The van der Waals surface area contributed by atoms with Gasteiger partial charge in [-0.2, -0.15) is 0 Å². The molecule has 0 aromatic carbocycles. The van der Waals surface area contributed by atoms with E-state index >= 15 is 0 Å². The quantitative estimate of drug-likeness (QED) is 0.485. The highest BCUT2D eigenvalue weighted by Gasteiger charge is 2.17. The lowest BCUT2D eigenvalue weighted by molar-refractivity contribution is 0.110. The van der Waals surface area contributed by atoms with Crippen LogP contribution < -0.4 is 11.5 Å². The van der Waals surface area contributed by atoms with Crippen LogP contribution in [0.4, 0.5) is 0 Å². The number of aliphatic hydroxyl groups is 1. The number of ether oxygens (including phenoxy) is 1. The van der Waals surface area contributed by atoms with Gasteiger partial charge >= 0.3 is 0 Å². The van der Waals surface area contributed by atoms with E-state index in [1.54, 1.807) is 7.11 Å². The van der Waals surface area contributed by atoms with Crippen LogP contribution in [-0.4, -0.2) is 64.1 Å². The molecular formula is C24H61N3O2. The molecule has 0 aliphatic carbocycles. The lowest BCUT2D eigenvalue weighted by Gasteiger charge is -2.28. The lowest BCUT2D eigenvalue weighted by Crippen LogP contribution is -2.30. The molecule has 0 aliphatic rings. The molecule has 5 heteroatoms. The Morgan fingerprint density at radius 2 is 1.28 bits per heavy atom. The summed E-state index contributed by atoms with van der Waals surface area (Å²) in [6.07, 6.45) is 2.26. The molecule has 0 aromatic heterocycles. The molecule has 0 fully saturated rings. The van der Waals surface area contributed by atoms with Crippen LogP contribution in [0.15, 0.2) is 0 Å². The second-order valence-electron chi connectivity index (χ2n) is 9.53. The molecule has 5 nitrogen and oxygen atoms in total. The van der Waals surface area contributed by atoms with E-state index in [4.69, 9.17) is 15.6 Å². The van der Waals surface area contributed by atoms with Gasteiger partial charge in [-0.3, -0.25) is 0 Å². The van der Waals surface area contributed by atoms with Gasteiger partial charge in [-0.15, -0.1) is 0 Å². The van der Waals surface area contributed by atoms with Crippen LogP contribution in [0, 0.1) is 16.2 Å². The van der Waals surface area contributed by atoms with Crippen LogP contribution >= 0.6 is 0 Å². The van der Waals surface area contributed by atoms with E-state index in [1.165, 1.54) is 13.5 Å². The minimum absolute atomic E-state index is 0.0859. The van der Waals surface area contributed by atoms with Crippen LogP contribution in [0.1, 0.15) is 89.0 Å². The first kappa shape index (κ1) is 39.3. The van der Waals surface area contributed by atoms with Crippen molar-refractivity contribution < 1.29 is 9.84 Å². The number of nitrogens with zero attached hydrogens (tertiary/aromatic N) is 1. The minimum Gasteiger partial charge on any atom is -0.396 e. The van der Waals surface area contributed by atoms with Crippen LogP contribution in [0.25, 0.3) is 0 Å². The number of methoxy groups -OCH3 is 1. The molecule has 0 spiro atoms. The van der Waals surface area contributed by atoms with E-state index in [1.807, 2.05) is 27.7 Å². The van der Waals surface area contributed by atoms with Gasteiger partial charge in [0.25, 0.3) is 0 Å². The van der Waals surface area contributed by atoms with E-state index in [9.17, 15) is 0 Å². The fraction of sp³-hybridized carbons (Fsp3) is 1.00. The molecule has 0 amide bonds. The van der Waals surface area contributed by atoms with E-state index in [0.29, 0.717) is 12.0 Å². The van der Waals surface area contributed by atoms with Crippen LogP contribution in [0.5, 0.6) is 0 Å². The molecule has 0 bridgehead atoms. The third kappa shape index (κ3) is 38.9. The second-order valence-corrected chi connectivity index (χ2v) is 9.53. The molecule has 0 atom stereocenters. The second kappa shape index (κ2) is 24.1. The molecule has 0 heterocycles. The highest BCUT2D eigenvalue weighted by Crippen LogP contribution is 2.21. The molecule has 29 heavy (non-hydrogen) atoms. The average Bonchev–Trinajstić information content (AvgIpc) is 2.65. The number of aliphatic hydroxyl groups excluding tert-OH is 1. The Kier molecular flexibility index (Phi) is 32.6. The summed E-state index contributed by atoms with van der Waals surface area (Å²) in [4.78, 5) is 2.38. The highest BCUT2D eigenvalue weighted by molar-refractivity contribution is 4.70. The van der Waals surface area contributed by atoms with Gasteiger partial charge in [-0.25, -0.2) is 0 Å². The standard InChI is InChI=1S/C13H29NO.C6H15NO.2C2H6.CH5N/c1-12(2,3)10-14(6)9-7-8-13(4,5)11-15;1-6(2,4-7)5-8-3;3*1-2/h15H,7-11H2,1-6H3;4-5,7H2,1-3H3;2*1-2H3;2H2,1H3. The summed E-state index contributed by atoms with van der Waals surface area (Å²) < 4.78 is 4.92. The van der Waals surface area contributed by atoms with Gasteiger partial charge in [0.2, 0.25) is 0 Å². The topological polar surface area (TPSA) is 84.7 Å². The molecule has 0 aromatic rings. The Hall–Kier alpha value is -0.200. The van der Waals surface area contributed by atoms with Crippen molar-refractivity contribution in [2.24, 2.45) is 27.7 Å². The van der Waals surface area contributed by atoms with Gasteiger partial charge < -0.3 is 26.2 Å². The fourth-order valence-electron chi connectivity index (χ4n) is 2.25. The molecule has 0 rings (SSSR count). The highest BCUT2D eigenvalue weighted by atomic mass is 16.5. The van der Waals surface area contributed by atoms with E-state index < -0.39 is 0 Å². The zero-order valence-electron chi connectivity index (χ0n) is 22.9. The molecule has 0 saturated carbocycles. The van der Waals surface area contributed by atoms with Gasteiger partial charge in [0, 0.05) is 25.7 Å². The van der Waals surface area contributed by atoms with Gasteiger partial charge in [-0.1, -0.05) is 76.2 Å². The van der Waals surface area contributed by atoms with Crippen LogP contribution in [0.3, 0.4) is 0 Å². The Morgan fingerprint density at radius 1 is 0.862 bits per heavy atom. The number of hydrogen-bond donors (Lipinski definition) is 3. The first-order chi connectivity index (χ1) is 13.3.